The molecule has 3 N–H and O–H groups in total. The third kappa shape index (κ3) is 3.50. The number of hydrogen-bond donors (Lipinski definition) is 3. The summed E-state index contributed by atoms with van der Waals surface area (Å²) in [6.45, 7) is 1.60. The van der Waals surface area contributed by atoms with Crippen molar-refractivity contribution in [1.82, 2.24) is 20.5 Å². The number of nitrogens with zero attached hydrogens (tertiary/aromatic N) is 1. The normalized spacial score (nSPS) is 13.0. The molecule has 0 bridgehead atoms. The van der Waals surface area contributed by atoms with Crippen molar-refractivity contribution in [1.29, 1.82) is 0 Å². The summed E-state index contributed by atoms with van der Waals surface area (Å²) in [5.74, 6) is -0.834. The van der Waals surface area contributed by atoms with Gasteiger partial charge in [-0.1, -0.05) is 12.1 Å². The predicted octanol–water partition coefficient (Wildman–Crippen LogP) is 1.61. The van der Waals surface area contributed by atoms with Gasteiger partial charge in [0.15, 0.2) is 0 Å². The fourth-order valence-corrected chi connectivity index (χ4v) is 1.69. The Labute approximate surface area is 116 Å². The van der Waals surface area contributed by atoms with E-state index in [1.165, 1.54) is 12.1 Å². The van der Waals surface area contributed by atoms with Gasteiger partial charge in [-0.05, 0) is 24.6 Å². The zero-order valence-corrected chi connectivity index (χ0v) is 10.8. The number of halogens is 3. The van der Waals surface area contributed by atoms with Crippen LogP contribution in [0.3, 0.4) is 0 Å². The van der Waals surface area contributed by atoms with E-state index in [4.69, 9.17) is 0 Å². The molecule has 2 aromatic rings. The van der Waals surface area contributed by atoms with Gasteiger partial charge < -0.3 is 5.32 Å². The monoisotopic (exact) mass is 300 g/mol. The van der Waals surface area contributed by atoms with Crippen LogP contribution in [0.25, 0.3) is 0 Å². The minimum absolute atomic E-state index is 0.196. The van der Waals surface area contributed by atoms with Crippen LogP contribution in [0.15, 0.2) is 29.1 Å². The highest BCUT2D eigenvalue weighted by Gasteiger charge is 2.30. The molecule has 0 saturated carbocycles. The van der Waals surface area contributed by atoms with Gasteiger partial charge in [0, 0.05) is 0 Å². The third-order valence-electron chi connectivity index (χ3n) is 2.80. The van der Waals surface area contributed by atoms with Crippen LogP contribution in [0.1, 0.15) is 34.7 Å². The molecule has 1 heterocycles. The summed E-state index contributed by atoms with van der Waals surface area (Å²) in [4.78, 5) is 24.7. The Bertz CT molecular complexity index is 688. The molecule has 21 heavy (non-hydrogen) atoms. The van der Waals surface area contributed by atoms with E-state index in [-0.39, 0.29) is 5.82 Å². The van der Waals surface area contributed by atoms with Crippen molar-refractivity contribution in [3.8, 4) is 0 Å². The highest BCUT2D eigenvalue weighted by atomic mass is 19.4. The van der Waals surface area contributed by atoms with E-state index in [2.05, 4.69) is 15.4 Å². The molecule has 0 radical (unpaired) electrons. The number of rotatable bonds is 3. The number of H-pyrrole nitrogens is 2. The topological polar surface area (TPSA) is 90.6 Å². The lowest BCUT2D eigenvalue weighted by atomic mass is 10.1. The van der Waals surface area contributed by atoms with Crippen molar-refractivity contribution in [2.75, 3.05) is 0 Å². The van der Waals surface area contributed by atoms with Gasteiger partial charge in [0.25, 0.3) is 5.91 Å². The molecule has 0 aliphatic rings. The second-order valence-corrected chi connectivity index (χ2v) is 4.34. The fourth-order valence-electron chi connectivity index (χ4n) is 1.69. The maximum atomic E-state index is 12.4. The number of hydrogen-bond acceptors (Lipinski definition) is 3. The first-order valence-electron chi connectivity index (χ1n) is 5.90. The van der Waals surface area contributed by atoms with Gasteiger partial charge in [-0.25, -0.2) is 9.89 Å². The molecule has 9 heteroatoms. The number of aromatic nitrogens is 3. The number of benzene rings is 1. The quantitative estimate of drug-likeness (QED) is 0.804. The first-order valence-corrected chi connectivity index (χ1v) is 5.90. The highest BCUT2D eigenvalue weighted by molar-refractivity contribution is 5.90. The van der Waals surface area contributed by atoms with Crippen molar-refractivity contribution in [3.05, 3.63) is 51.7 Å². The van der Waals surface area contributed by atoms with E-state index in [0.29, 0.717) is 5.56 Å². The Morgan fingerprint density at radius 2 is 1.90 bits per heavy atom. The number of aromatic amines is 2. The van der Waals surface area contributed by atoms with Gasteiger partial charge in [0.1, 0.15) is 0 Å². The second kappa shape index (κ2) is 5.43. The van der Waals surface area contributed by atoms with Crippen LogP contribution in [0, 0.1) is 0 Å². The molecule has 0 aliphatic carbocycles. The molecule has 1 aromatic heterocycles. The lowest BCUT2D eigenvalue weighted by molar-refractivity contribution is -0.137. The van der Waals surface area contributed by atoms with Gasteiger partial charge in [-0.3, -0.25) is 9.78 Å². The SMILES string of the molecule is C[C@@H](NC(=O)c1n[nH]c(=O)[nH]1)c1ccc(C(F)(F)F)cc1. The molecule has 0 saturated heterocycles. The van der Waals surface area contributed by atoms with Crippen molar-refractivity contribution in [2.45, 2.75) is 19.1 Å². The van der Waals surface area contributed by atoms with Gasteiger partial charge in [0.2, 0.25) is 5.82 Å². The minimum Gasteiger partial charge on any atom is -0.343 e. The van der Waals surface area contributed by atoms with Crippen molar-refractivity contribution >= 4 is 5.91 Å². The molecule has 0 unspecified atom stereocenters. The van der Waals surface area contributed by atoms with Crippen molar-refractivity contribution < 1.29 is 18.0 Å². The molecular formula is C12H11F3N4O2. The van der Waals surface area contributed by atoms with E-state index in [9.17, 15) is 22.8 Å². The first kappa shape index (κ1) is 14.8. The smallest absolute Gasteiger partial charge is 0.343 e. The van der Waals surface area contributed by atoms with E-state index < -0.39 is 29.4 Å². The summed E-state index contributed by atoms with van der Waals surface area (Å²) >= 11 is 0. The van der Waals surface area contributed by atoms with Crippen LogP contribution in [0.5, 0.6) is 0 Å². The molecule has 1 aromatic carbocycles. The van der Waals surface area contributed by atoms with Crippen LogP contribution in [0.4, 0.5) is 13.2 Å². The Balaban J connectivity index is 2.08. The number of carbonyl (C=O) groups excluding carboxylic acids is 1. The number of alkyl halides is 3. The third-order valence-corrected chi connectivity index (χ3v) is 2.80. The Hall–Kier alpha value is -2.58. The predicted molar refractivity (Wildman–Crippen MR) is 66.5 cm³/mol. The zero-order chi connectivity index (χ0) is 15.6. The average Bonchev–Trinajstić information content (AvgIpc) is 2.84. The molecule has 0 fully saturated rings. The molecule has 0 spiro atoms. The number of carbonyl (C=O) groups is 1. The molecule has 112 valence electrons. The van der Waals surface area contributed by atoms with E-state index >= 15 is 0 Å². The number of amides is 1. The zero-order valence-electron chi connectivity index (χ0n) is 10.8. The number of nitrogens with one attached hydrogen (secondary N) is 3. The standard InChI is InChI=1S/C12H11F3N4O2/c1-6(16-10(20)9-17-11(21)19-18-9)7-2-4-8(5-3-7)12(13,14)15/h2-6H,1H3,(H,16,20)(H2,17,18,19,21)/t6-/m1/s1. The summed E-state index contributed by atoms with van der Waals surface area (Å²) in [5.41, 5.74) is -0.891. The Kier molecular flexibility index (Phi) is 3.83. The van der Waals surface area contributed by atoms with E-state index in [1.54, 1.807) is 6.92 Å². The molecular weight excluding hydrogens is 289 g/mol. The maximum Gasteiger partial charge on any atom is 0.416 e. The van der Waals surface area contributed by atoms with Gasteiger partial charge in [0.05, 0.1) is 11.6 Å². The highest BCUT2D eigenvalue weighted by Crippen LogP contribution is 2.29. The summed E-state index contributed by atoms with van der Waals surface area (Å²) in [6.07, 6.45) is -4.40. The van der Waals surface area contributed by atoms with Crippen LogP contribution in [-0.4, -0.2) is 21.1 Å². The van der Waals surface area contributed by atoms with Crippen molar-refractivity contribution in [3.63, 3.8) is 0 Å². The molecule has 1 atom stereocenters. The summed E-state index contributed by atoms with van der Waals surface area (Å²) in [7, 11) is 0. The van der Waals surface area contributed by atoms with E-state index in [0.717, 1.165) is 12.1 Å². The molecule has 0 aliphatic heterocycles. The summed E-state index contributed by atoms with van der Waals surface area (Å²) < 4.78 is 37.3. The first-order chi connectivity index (χ1) is 9.77. The lowest BCUT2D eigenvalue weighted by Gasteiger charge is -2.14. The average molecular weight is 300 g/mol. The van der Waals surface area contributed by atoms with Crippen LogP contribution in [0.2, 0.25) is 0 Å². The molecule has 2 rings (SSSR count). The Morgan fingerprint density at radius 3 is 2.38 bits per heavy atom. The fraction of sp³-hybridized carbons (Fsp3) is 0.250. The minimum atomic E-state index is -4.40. The van der Waals surface area contributed by atoms with Crippen molar-refractivity contribution in [2.24, 2.45) is 0 Å². The van der Waals surface area contributed by atoms with Crippen LogP contribution >= 0.6 is 0 Å². The second-order valence-electron chi connectivity index (χ2n) is 4.34. The van der Waals surface area contributed by atoms with Gasteiger partial charge in [-0.2, -0.15) is 13.2 Å². The molecule has 6 nitrogen and oxygen atoms in total. The van der Waals surface area contributed by atoms with Crippen LogP contribution < -0.4 is 11.0 Å². The molecule has 1 amide bonds. The lowest BCUT2D eigenvalue weighted by Crippen LogP contribution is -2.28. The maximum absolute atomic E-state index is 12.4. The van der Waals surface area contributed by atoms with Crippen LogP contribution in [-0.2, 0) is 6.18 Å². The van der Waals surface area contributed by atoms with Gasteiger partial charge in [-0.15, -0.1) is 5.10 Å². The van der Waals surface area contributed by atoms with Gasteiger partial charge >= 0.3 is 11.9 Å². The summed E-state index contributed by atoms with van der Waals surface area (Å²) in [6, 6.07) is 3.89. The van der Waals surface area contributed by atoms with E-state index in [1.807, 2.05) is 5.10 Å². The Morgan fingerprint density at radius 1 is 1.29 bits per heavy atom. The largest absolute Gasteiger partial charge is 0.416 e. The summed E-state index contributed by atoms with van der Waals surface area (Å²) in [5, 5.41) is 8.01.